The van der Waals surface area contributed by atoms with E-state index >= 15 is 0 Å². The number of phenols is 1. The summed E-state index contributed by atoms with van der Waals surface area (Å²) in [7, 11) is 4.33. The summed E-state index contributed by atoms with van der Waals surface area (Å²) in [5.41, 5.74) is 2.95. The maximum atomic E-state index is 12.0. The molecule has 0 bridgehead atoms. The monoisotopic (exact) mass is 373 g/mol. The molecule has 2 amide bonds. The number of anilines is 1. The Hall–Kier alpha value is -3.75. The van der Waals surface area contributed by atoms with E-state index in [-0.39, 0.29) is 17.2 Å². The minimum absolute atomic E-state index is 0.0229. The number of hydrogen-bond acceptors (Lipinski definition) is 7. The van der Waals surface area contributed by atoms with Gasteiger partial charge < -0.3 is 24.6 Å². The standard InChI is InChI=1S/C18H19N3O6/c1-25-12-5-7-15(26-2)13(9-12)20-17(23)18(24)21-19-10-11-4-6-14(22)16(8-11)27-3/h4-10,22H,1-3H3,(H,20,23)(H,21,24). The zero-order valence-electron chi connectivity index (χ0n) is 15.0. The van der Waals surface area contributed by atoms with Crippen molar-refractivity contribution in [2.75, 3.05) is 26.6 Å². The Morgan fingerprint density at radius 3 is 2.37 bits per heavy atom. The summed E-state index contributed by atoms with van der Waals surface area (Å²) in [6.45, 7) is 0. The second-order valence-electron chi connectivity index (χ2n) is 5.15. The summed E-state index contributed by atoms with van der Waals surface area (Å²) in [6.07, 6.45) is 1.30. The number of hydrazone groups is 1. The number of nitrogens with zero attached hydrogens (tertiary/aromatic N) is 1. The first-order valence-electron chi connectivity index (χ1n) is 7.72. The molecule has 0 aliphatic rings. The lowest BCUT2D eigenvalue weighted by Crippen LogP contribution is -2.32. The topological polar surface area (TPSA) is 118 Å². The molecule has 0 aliphatic carbocycles. The van der Waals surface area contributed by atoms with Crippen molar-refractivity contribution in [1.82, 2.24) is 5.43 Å². The van der Waals surface area contributed by atoms with Crippen LogP contribution in [0.25, 0.3) is 0 Å². The summed E-state index contributed by atoms with van der Waals surface area (Å²) in [4.78, 5) is 23.9. The normalized spacial score (nSPS) is 10.3. The molecule has 2 aromatic carbocycles. The number of ether oxygens (including phenoxy) is 3. The predicted molar refractivity (Wildman–Crippen MR) is 98.6 cm³/mol. The van der Waals surface area contributed by atoms with Crippen LogP contribution in [0, 0.1) is 0 Å². The number of amides is 2. The van der Waals surface area contributed by atoms with Crippen LogP contribution in [0.5, 0.6) is 23.0 Å². The molecule has 0 atom stereocenters. The van der Waals surface area contributed by atoms with Gasteiger partial charge >= 0.3 is 11.8 Å². The van der Waals surface area contributed by atoms with Crippen LogP contribution in [0.3, 0.4) is 0 Å². The van der Waals surface area contributed by atoms with E-state index in [0.717, 1.165) is 0 Å². The van der Waals surface area contributed by atoms with E-state index in [4.69, 9.17) is 14.2 Å². The Kier molecular flexibility index (Phi) is 6.59. The average molecular weight is 373 g/mol. The van der Waals surface area contributed by atoms with Crippen molar-refractivity contribution in [3.05, 3.63) is 42.0 Å². The molecule has 27 heavy (non-hydrogen) atoms. The fraction of sp³-hybridized carbons (Fsp3) is 0.167. The van der Waals surface area contributed by atoms with Gasteiger partial charge in [0.2, 0.25) is 0 Å². The number of methoxy groups -OCH3 is 3. The van der Waals surface area contributed by atoms with E-state index in [2.05, 4.69) is 15.8 Å². The second-order valence-corrected chi connectivity index (χ2v) is 5.15. The third-order valence-corrected chi connectivity index (χ3v) is 3.44. The van der Waals surface area contributed by atoms with Gasteiger partial charge in [-0.15, -0.1) is 0 Å². The zero-order valence-corrected chi connectivity index (χ0v) is 15.0. The smallest absolute Gasteiger partial charge is 0.329 e. The highest BCUT2D eigenvalue weighted by Crippen LogP contribution is 2.28. The fourth-order valence-corrected chi connectivity index (χ4v) is 2.08. The van der Waals surface area contributed by atoms with Gasteiger partial charge in [-0.05, 0) is 35.9 Å². The van der Waals surface area contributed by atoms with E-state index in [0.29, 0.717) is 17.1 Å². The SMILES string of the molecule is COc1ccc(OC)c(NC(=O)C(=O)NN=Cc2ccc(O)c(OC)c2)c1. The highest BCUT2D eigenvalue weighted by Gasteiger charge is 2.16. The molecule has 3 N–H and O–H groups in total. The van der Waals surface area contributed by atoms with Crippen LogP contribution in [0.1, 0.15) is 5.56 Å². The molecular formula is C18H19N3O6. The number of phenolic OH excluding ortho intramolecular Hbond substituents is 1. The first-order valence-corrected chi connectivity index (χ1v) is 7.72. The Balaban J connectivity index is 2.01. The molecule has 0 heterocycles. The van der Waals surface area contributed by atoms with Crippen molar-refractivity contribution >= 4 is 23.7 Å². The van der Waals surface area contributed by atoms with Gasteiger partial charge in [0.15, 0.2) is 11.5 Å². The molecular weight excluding hydrogens is 354 g/mol. The summed E-state index contributed by atoms with van der Waals surface area (Å²) < 4.78 is 15.2. The minimum Gasteiger partial charge on any atom is -0.504 e. The van der Waals surface area contributed by atoms with Gasteiger partial charge in [-0.25, -0.2) is 5.43 Å². The van der Waals surface area contributed by atoms with E-state index in [1.54, 1.807) is 18.2 Å². The maximum absolute atomic E-state index is 12.0. The summed E-state index contributed by atoms with van der Waals surface area (Å²) >= 11 is 0. The van der Waals surface area contributed by atoms with Gasteiger partial charge in [0.05, 0.1) is 33.2 Å². The third-order valence-electron chi connectivity index (χ3n) is 3.44. The Morgan fingerprint density at radius 1 is 0.963 bits per heavy atom. The molecule has 9 heteroatoms. The number of rotatable bonds is 6. The lowest BCUT2D eigenvalue weighted by Gasteiger charge is -2.11. The highest BCUT2D eigenvalue weighted by atomic mass is 16.5. The second kappa shape index (κ2) is 9.09. The predicted octanol–water partition coefficient (Wildman–Crippen LogP) is 1.51. The minimum atomic E-state index is -0.970. The molecule has 0 fully saturated rings. The van der Waals surface area contributed by atoms with Gasteiger partial charge in [0.25, 0.3) is 0 Å². The summed E-state index contributed by atoms with van der Waals surface area (Å²) in [6, 6.07) is 9.29. The number of aromatic hydroxyl groups is 1. The van der Waals surface area contributed by atoms with Crippen LogP contribution < -0.4 is 25.0 Å². The van der Waals surface area contributed by atoms with Crippen molar-refractivity contribution in [2.24, 2.45) is 5.10 Å². The third kappa shape index (κ3) is 5.11. The molecule has 142 valence electrons. The number of benzene rings is 2. The van der Waals surface area contributed by atoms with Crippen LogP contribution in [-0.4, -0.2) is 44.5 Å². The van der Waals surface area contributed by atoms with Gasteiger partial charge in [-0.2, -0.15) is 5.10 Å². The number of hydrogen-bond donors (Lipinski definition) is 3. The van der Waals surface area contributed by atoms with E-state index in [1.807, 2.05) is 0 Å². The van der Waals surface area contributed by atoms with Gasteiger partial charge in [-0.3, -0.25) is 9.59 Å². The van der Waals surface area contributed by atoms with E-state index in [9.17, 15) is 14.7 Å². The average Bonchev–Trinajstić information content (AvgIpc) is 2.68. The zero-order chi connectivity index (χ0) is 19.8. The summed E-state index contributed by atoms with van der Waals surface area (Å²) in [5, 5.41) is 15.7. The van der Waals surface area contributed by atoms with Crippen molar-refractivity contribution in [3.8, 4) is 23.0 Å². The molecule has 0 aliphatic heterocycles. The first kappa shape index (κ1) is 19.6. The molecule has 0 radical (unpaired) electrons. The largest absolute Gasteiger partial charge is 0.504 e. The van der Waals surface area contributed by atoms with Crippen molar-refractivity contribution in [1.29, 1.82) is 0 Å². The Morgan fingerprint density at radius 2 is 1.70 bits per heavy atom. The Bertz CT molecular complexity index is 866. The molecule has 0 unspecified atom stereocenters. The number of nitrogens with one attached hydrogen (secondary N) is 2. The van der Waals surface area contributed by atoms with Crippen molar-refractivity contribution in [2.45, 2.75) is 0 Å². The van der Waals surface area contributed by atoms with Crippen LogP contribution >= 0.6 is 0 Å². The molecule has 0 saturated heterocycles. The number of carbonyl (C=O) groups excluding carboxylic acids is 2. The van der Waals surface area contributed by atoms with Crippen LogP contribution in [-0.2, 0) is 9.59 Å². The fourth-order valence-electron chi connectivity index (χ4n) is 2.08. The molecule has 2 rings (SSSR count). The van der Waals surface area contributed by atoms with Crippen LogP contribution in [0.15, 0.2) is 41.5 Å². The molecule has 0 saturated carbocycles. The first-order chi connectivity index (χ1) is 13.0. The molecule has 9 nitrogen and oxygen atoms in total. The van der Waals surface area contributed by atoms with E-state index < -0.39 is 11.8 Å². The lowest BCUT2D eigenvalue weighted by atomic mass is 10.2. The van der Waals surface area contributed by atoms with Crippen molar-refractivity contribution < 1.29 is 28.9 Å². The molecule has 0 spiro atoms. The van der Waals surface area contributed by atoms with Crippen molar-refractivity contribution in [3.63, 3.8) is 0 Å². The van der Waals surface area contributed by atoms with Crippen LogP contribution in [0.2, 0.25) is 0 Å². The maximum Gasteiger partial charge on any atom is 0.329 e. The lowest BCUT2D eigenvalue weighted by molar-refractivity contribution is -0.136. The van der Waals surface area contributed by atoms with Gasteiger partial charge in [-0.1, -0.05) is 0 Å². The molecule has 2 aromatic rings. The highest BCUT2D eigenvalue weighted by molar-refractivity contribution is 6.39. The van der Waals surface area contributed by atoms with Gasteiger partial charge in [0, 0.05) is 6.07 Å². The molecule has 0 aromatic heterocycles. The Labute approximate surface area is 155 Å². The van der Waals surface area contributed by atoms with E-state index in [1.165, 1.54) is 45.7 Å². The van der Waals surface area contributed by atoms with Gasteiger partial charge in [0.1, 0.15) is 11.5 Å². The quantitative estimate of drug-likeness (QED) is 0.401. The summed E-state index contributed by atoms with van der Waals surface area (Å²) in [5.74, 6) is -0.801. The number of carbonyl (C=O) groups is 2. The van der Waals surface area contributed by atoms with Crippen LogP contribution in [0.4, 0.5) is 5.69 Å².